The van der Waals surface area contributed by atoms with Gasteiger partial charge in [0, 0.05) is 24.5 Å². The van der Waals surface area contributed by atoms with Crippen LogP contribution in [-0.2, 0) is 6.42 Å². The molecule has 1 aliphatic carbocycles. The molecule has 0 radical (unpaired) electrons. The number of aromatic nitrogens is 3. The number of hydrogen-bond donors (Lipinski definition) is 1. The summed E-state index contributed by atoms with van der Waals surface area (Å²) < 4.78 is 1.94. The smallest absolute Gasteiger partial charge is 0.0839 e. The largest absolute Gasteiger partial charge is 0.328 e. The Bertz CT molecular complexity index is 299. The second-order valence-corrected chi connectivity index (χ2v) is 4.23. The summed E-state index contributed by atoms with van der Waals surface area (Å²) in [6, 6.07) is 0.780. The van der Waals surface area contributed by atoms with Crippen LogP contribution in [0.25, 0.3) is 0 Å². The first-order valence-electron chi connectivity index (χ1n) is 5.02. The molecule has 14 heavy (non-hydrogen) atoms. The number of nitrogens with zero attached hydrogens (tertiary/aromatic N) is 3. The summed E-state index contributed by atoms with van der Waals surface area (Å²) in [7, 11) is 0. The Labute approximate surface area is 88.4 Å². The summed E-state index contributed by atoms with van der Waals surface area (Å²) in [6.07, 6.45) is 6.01. The highest BCUT2D eigenvalue weighted by Gasteiger charge is 2.23. The zero-order valence-corrected chi connectivity index (χ0v) is 8.82. The molecule has 2 atom stereocenters. The molecule has 0 aliphatic heterocycles. The van der Waals surface area contributed by atoms with Crippen LogP contribution in [0.3, 0.4) is 0 Å². The molecule has 78 valence electrons. The lowest BCUT2D eigenvalue weighted by Gasteiger charge is -2.07. The van der Waals surface area contributed by atoms with Crippen molar-refractivity contribution in [1.29, 1.82) is 0 Å². The van der Waals surface area contributed by atoms with E-state index in [4.69, 9.17) is 17.3 Å². The summed E-state index contributed by atoms with van der Waals surface area (Å²) in [5.74, 6) is 0.600. The van der Waals surface area contributed by atoms with E-state index in [1.807, 2.05) is 10.9 Å². The highest BCUT2D eigenvalue weighted by Crippen LogP contribution is 2.27. The fraction of sp³-hybridized carbons (Fsp3) is 0.778. The van der Waals surface area contributed by atoms with E-state index >= 15 is 0 Å². The molecule has 2 N–H and O–H groups in total. The molecule has 0 aromatic carbocycles. The van der Waals surface area contributed by atoms with Crippen LogP contribution in [0.1, 0.15) is 31.0 Å². The number of aryl methyl sites for hydroxylation is 1. The number of nitrogens with two attached hydrogens (primary N) is 1. The van der Waals surface area contributed by atoms with Crippen molar-refractivity contribution < 1.29 is 0 Å². The van der Waals surface area contributed by atoms with E-state index in [2.05, 4.69) is 10.3 Å². The standard InChI is InChI=1S/C9H15ClN4/c10-4-3-8-6-14(13-12-8)9-2-1-7(11)5-9/h6-7,9H,1-5,11H2/t7-,9+/m1/s1. The molecular formula is C9H15ClN4. The first kappa shape index (κ1) is 9.93. The average Bonchev–Trinajstić information content (AvgIpc) is 2.74. The molecule has 0 unspecified atom stereocenters. The van der Waals surface area contributed by atoms with Crippen molar-refractivity contribution in [2.24, 2.45) is 5.73 Å². The van der Waals surface area contributed by atoms with E-state index in [1.54, 1.807) is 0 Å². The number of alkyl halides is 1. The summed E-state index contributed by atoms with van der Waals surface area (Å²) in [5, 5.41) is 8.17. The lowest BCUT2D eigenvalue weighted by atomic mass is 10.2. The van der Waals surface area contributed by atoms with Gasteiger partial charge in [-0.25, -0.2) is 4.68 Å². The number of rotatable bonds is 3. The maximum Gasteiger partial charge on any atom is 0.0839 e. The Hall–Kier alpha value is -0.610. The van der Waals surface area contributed by atoms with Crippen LogP contribution in [-0.4, -0.2) is 26.9 Å². The van der Waals surface area contributed by atoms with E-state index in [-0.39, 0.29) is 0 Å². The van der Waals surface area contributed by atoms with Gasteiger partial charge in [-0.15, -0.1) is 16.7 Å². The Morgan fingerprint density at radius 3 is 3.07 bits per heavy atom. The molecule has 0 bridgehead atoms. The lowest BCUT2D eigenvalue weighted by Crippen LogP contribution is -2.16. The minimum Gasteiger partial charge on any atom is -0.328 e. The van der Waals surface area contributed by atoms with Gasteiger partial charge in [0.25, 0.3) is 0 Å². The van der Waals surface area contributed by atoms with E-state index in [1.165, 1.54) is 0 Å². The van der Waals surface area contributed by atoms with Crippen molar-refractivity contribution in [3.05, 3.63) is 11.9 Å². The first-order chi connectivity index (χ1) is 6.79. The van der Waals surface area contributed by atoms with E-state index < -0.39 is 0 Å². The van der Waals surface area contributed by atoms with Gasteiger partial charge in [0.2, 0.25) is 0 Å². The molecule has 0 saturated heterocycles. The summed E-state index contributed by atoms with van der Waals surface area (Å²) in [5.41, 5.74) is 6.82. The lowest BCUT2D eigenvalue weighted by molar-refractivity contribution is 0.448. The average molecular weight is 215 g/mol. The topological polar surface area (TPSA) is 56.7 Å². The highest BCUT2D eigenvalue weighted by atomic mass is 35.5. The maximum absolute atomic E-state index is 5.85. The molecule has 4 nitrogen and oxygen atoms in total. The van der Waals surface area contributed by atoms with Crippen LogP contribution in [0.5, 0.6) is 0 Å². The van der Waals surface area contributed by atoms with Gasteiger partial charge < -0.3 is 5.73 Å². The van der Waals surface area contributed by atoms with Crippen LogP contribution in [0.15, 0.2) is 6.20 Å². The molecule has 1 saturated carbocycles. The van der Waals surface area contributed by atoms with Gasteiger partial charge >= 0.3 is 0 Å². The van der Waals surface area contributed by atoms with Gasteiger partial charge in [0.1, 0.15) is 0 Å². The van der Waals surface area contributed by atoms with Gasteiger partial charge in [-0.05, 0) is 19.3 Å². The minimum absolute atomic E-state index is 0.334. The molecule has 1 fully saturated rings. The van der Waals surface area contributed by atoms with E-state index in [0.717, 1.165) is 31.4 Å². The van der Waals surface area contributed by atoms with Crippen molar-refractivity contribution in [3.63, 3.8) is 0 Å². The van der Waals surface area contributed by atoms with Gasteiger partial charge in [0.05, 0.1) is 11.7 Å². The number of halogens is 1. The van der Waals surface area contributed by atoms with Crippen LogP contribution >= 0.6 is 11.6 Å². The van der Waals surface area contributed by atoms with Crippen molar-refractivity contribution >= 4 is 11.6 Å². The number of hydrogen-bond acceptors (Lipinski definition) is 3. The Morgan fingerprint density at radius 2 is 2.43 bits per heavy atom. The third-order valence-electron chi connectivity index (χ3n) is 2.73. The summed E-state index contributed by atoms with van der Waals surface area (Å²) in [6.45, 7) is 0. The minimum atomic E-state index is 0.334. The fourth-order valence-electron chi connectivity index (χ4n) is 1.94. The van der Waals surface area contributed by atoms with E-state index in [9.17, 15) is 0 Å². The zero-order valence-electron chi connectivity index (χ0n) is 8.06. The molecule has 1 heterocycles. The molecule has 0 spiro atoms. The summed E-state index contributed by atoms with van der Waals surface area (Å²) >= 11 is 5.63. The predicted octanol–water partition coefficient (Wildman–Crippen LogP) is 1.11. The molecule has 0 amide bonds. The Morgan fingerprint density at radius 1 is 1.57 bits per heavy atom. The molecule has 1 aliphatic rings. The van der Waals surface area contributed by atoms with Crippen molar-refractivity contribution in [1.82, 2.24) is 15.0 Å². The molecule has 2 rings (SSSR count). The maximum atomic E-state index is 5.85. The van der Waals surface area contributed by atoms with Crippen LogP contribution < -0.4 is 5.73 Å². The third kappa shape index (κ3) is 2.07. The van der Waals surface area contributed by atoms with Gasteiger partial charge in [-0.2, -0.15) is 0 Å². The second kappa shape index (κ2) is 4.28. The first-order valence-corrected chi connectivity index (χ1v) is 5.55. The van der Waals surface area contributed by atoms with Crippen LogP contribution in [0, 0.1) is 0 Å². The zero-order chi connectivity index (χ0) is 9.97. The fourth-order valence-corrected chi connectivity index (χ4v) is 2.13. The van der Waals surface area contributed by atoms with Gasteiger partial charge in [0.15, 0.2) is 0 Å². The van der Waals surface area contributed by atoms with Crippen molar-refractivity contribution in [2.75, 3.05) is 5.88 Å². The third-order valence-corrected chi connectivity index (χ3v) is 2.92. The Kier molecular flexibility index (Phi) is 3.03. The van der Waals surface area contributed by atoms with Gasteiger partial charge in [-0.1, -0.05) is 5.21 Å². The predicted molar refractivity (Wildman–Crippen MR) is 55.3 cm³/mol. The monoisotopic (exact) mass is 214 g/mol. The second-order valence-electron chi connectivity index (χ2n) is 3.86. The van der Waals surface area contributed by atoms with E-state index in [0.29, 0.717) is 18.0 Å². The molecule has 1 aromatic rings. The van der Waals surface area contributed by atoms with Crippen molar-refractivity contribution in [3.8, 4) is 0 Å². The van der Waals surface area contributed by atoms with Crippen LogP contribution in [0.2, 0.25) is 0 Å². The van der Waals surface area contributed by atoms with Crippen LogP contribution in [0.4, 0.5) is 0 Å². The molecule has 1 aromatic heterocycles. The Balaban J connectivity index is 2.02. The SMILES string of the molecule is N[C@@H]1CC[C@H](n2cc(CCCl)nn2)C1. The normalized spacial score (nSPS) is 27.0. The highest BCUT2D eigenvalue weighted by molar-refractivity contribution is 6.17. The quantitative estimate of drug-likeness (QED) is 0.767. The van der Waals surface area contributed by atoms with Gasteiger partial charge in [-0.3, -0.25) is 0 Å². The summed E-state index contributed by atoms with van der Waals surface area (Å²) in [4.78, 5) is 0. The van der Waals surface area contributed by atoms with Crippen molar-refractivity contribution in [2.45, 2.75) is 37.8 Å². The molecular weight excluding hydrogens is 200 g/mol. The molecule has 5 heteroatoms.